The van der Waals surface area contributed by atoms with Crippen molar-refractivity contribution in [1.82, 2.24) is 14.1 Å². The number of aromatic nitrogens is 2. The molecule has 2 heterocycles. The van der Waals surface area contributed by atoms with Crippen LogP contribution in [0.25, 0.3) is 5.69 Å². The number of benzene rings is 2. The molecule has 2 aromatic carbocycles. The minimum Gasteiger partial charge on any atom is -0.461 e. The van der Waals surface area contributed by atoms with Crippen molar-refractivity contribution in [1.29, 1.82) is 0 Å². The molecule has 0 N–H and O–H groups in total. The summed E-state index contributed by atoms with van der Waals surface area (Å²) in [5.74, 6) is -0.680. The van der Waals surface area contributed by atoms with Gasteiger partial charge in [0.15, 0.2) is 0 Å². The lowest BCUT2D eigenvalue weighted by Crippen LogP contribution is -2.40. The summed E-state index contributed by atoms with van der Waals surface area (Å²) in [6.45, 7) is 0.552. The Morgan fingerprint density at radius 3 is 2.28 bits per heavy atom. The summed E-state index contributed by atoms with van der Waals surface area (Å²) < 4.78 is 34.5. The third-order valence-corrected chi connectivity index (χ3v) is 8.25. The Morgan fingerprint density at radius 2 is 1.69 bits per heavy atom. The van der Waals surface area contributed by atoms with Crippen molar-refractivity contribution in [3.63, 3.8) is 0 Å². The fourth-order valence-corrected chi connectivity index (χ4v) is 6.19. The molecule has 0 aliphatic carbocycles. The Labute approximate surface area is 196 Å². The van der Waals surface area contributed by atoms with Crippen LogP contribution < -0.4 is 0 Å². The van der Waals surface area contributed by atoms with Crippen LogP contribution >= 0.6 is 23.2 Å². The SMILES string of the molecule is O=C(OCc1ccc(-n2cccn2)cc1)C1CCN(S(=O)(=O)c2c(Cl)cccc2Cl)CC1. The van der Waals surface area contributed by atoms with Gasteiger partial charge < -0.3 is 4.74 Å². The third kappa shape index (κ3) is 4.83. The standard InChI is InChI=1S/C22H21Cl2N3O4S/c23-19-3-1-4-20(24)21(19)32(29,30)26-13-9-17(10-14-26)22(28)31-15-16-5-7-18(8-6-16)27-12-2-11-25-27/h1-8,11-12,17H,9-10,13-15H2. The average Bonchev–Trinajstić information content (AvgIpc) is 3.33. The number of esters is 1. The van der Waals surface area contributed by atoms with E-state index >= 15 is 0 Å². The molecule has 0 amide bonds. The minimum absolute atomic E-state index is 0.0811. The highest BCUT2D eigenvalue weighted by Gasteiger charge is 2.34. The second-order valence-electron chi connectivity index (χ2n) is 7.45. The van der Waals surface area contributed by atoms with Gasteiger partial charge in [-0.25, -0.2) is 13.1 Å². The summed E-state index contributed by atoms with van der Waals surface area (Å²) in [4.78, 5) is 12.4. The van der Waals surface area contributed by atoms with Gasteiger partial charge in [-0.15, -0.1) is 0 Å². The van der Waals surface area contributed by atoms with Gasteiger partial charge in [-0.3, -0.25) is 4.79 Å². The lowest BCUT2D eigenvalue weighted by molar-refractivity contribution is -0.151. The maximum atomic E-state index is 13.0. The monoisotopic (exact) mass is 493 g/mol. The largest absolute Gasteiger partial charge is 0.461 e. The van der Waals surface area contributed by atoms with Crippen LogP contribution in [0.1, 0.15) is 18.4 Å². The number of piperidine rings is 1. The highest BCUT2D eigenvalue weighted by molar-refractivity contribution is 7.89. The lowest BCUT2D eigenvalue weighted by Gasteiger charge is -2.30. The Bertz CT molecular complexity index is 1170. The average molecular weight is 494 g/mol. The van der Waals surface area contributed by atoms with Crippen LogP contribution in [0.2, 0.25) is 10.0 Å². The van der Waals surface area contributed by atoms with Gasteiger partial charge in [0.05, 0.1) is 21.7 Å². The summed E-state index contributed by atoms with van der Waals surface area (Å²) in [7, 11) is -3.84. The fraction of sp³-hybridized carbons (Fsp3) is 0.273. The number of carbonyl (C=O) groups is 1. The van der Waals surface area contributed by atoms with E-state index in [4.69, 9.17) is 27.9 Å². The van der Waals surface area contributed by atoms with Crippen molar-refractivity contribution < 1.29 is 17.9 Å². The zero-order chi connectivity index (χ0) is 22.7. The van der Waals surface area contributed by atoms with Gasteiger partial charge in [0.1, 0.15) is 11.5 Å². The van der Waals surface area contributed by atoms with Crippen molar-refractivity contribution in [2.75, 3.05) is 13.1 Å². The Morgan fingerprint density at radius 1 is 1.03 bits per heavy atom. The van der Waals surface area contributed by atoms with Gasteiger partial charge in [0.2, 0.25) is 10.0 Å². The number of halogens is 2. The fourth-order valence-electron chi connectivity index (χ4n) is 3.63. The summed E-state index contributed by atoms with van der Waals surface area (Å²) >= 11 is 12.2. The molecule has 1 aromatic heterocycles. The third-order valence-electron chi connectivity index (χ3n) is 5.39. The molecule has 3 aromatic rings. The first-order valence-electron chi connectivity index (χ1n) is 10.1. The summed E-state index contributed by atoms with van der Waals surface area (Å²) in [5, 5.41) is 4.34. The molecule has 7 nitrogen and oxygen atoms in total. The number of rotatable bonds is 6. The maximum absolute atomic E-state index is 13.0. The van der Waals surface area contributed by atoms with E-state index in [1.54, 1.807) is 16.9 Å². The van der Waals surface area contributed by atoms with E-state index in [1.165, 1.54) is 16.4 Å². The second kappa shape index (κ2) is 9.62. The van der Waals surface area contributed by atoms with Crippen LogP contribution in [0, 0.1) is 5.92 Å². The molecule has 1 saturated heterocycles. The minimum atomic E-state index is -3.84. The van der Waals surface area contributed by atoms with Gasteiger partial charge in [0.25, 0.3) is 0 Å². The van der Waals surface area contributed by atoms with Crippen LogP contribution in [-0.2, 0) is 26.2 Å². The van der Waals surface area contributed by atoms with E-state index in [-0.39, 0.29) is 46.5 Å². The van der Waals surface area contributed by atoms with Crippen LogP contribution in [0.4, 0.5) is 0 Å². The van der Waals surface area contributed by atoms with E-state index < -0.39 is 10.0 Å². The lowest BCUT2D eigenvalue weighted by atomic mass is 9.98. The number of hydrogen-bond acceptors (Lipinski definition) is 5. The zero-order valence-electron chi connectivity index (χ0n) is 17.0. The van der Waals surface area contributed by atoms with Crippen molar-refractivity contribution in [2.45, 2.75) is 24.3 Å². The number of ether oxygens (including phenoxy) is 1. The number of hydrogen-bond donors (Lipinski definition) is 0. The predicted molar refractivity (Wildman–Crippen MR) is 121 cm³/mol. The molecule has 0 unspecified atom stereocenters. The zero-order valence-corrected chi connectivity index (χ0v) is 19.4. The van der Waals surface area contributed by atoms with Crippen molar-refractivity contribution in [3.8, 4) is 5.69 Å². The first kappa shape index (κ1) is 22.8. The predicted octanol–water partition coefficient (Wildman–Crippen LogP) is 4.32. The van der Waals surface area contributed by atoms with Gasteiger partial charge in [0, 0.05) is 25.5 Å². The molecule has 1 fully saturated rings. The first-order valence-corrected chi connectivity index (χ1v) is 12.3. The van der Waals surface area contributed by atoms with E-state index in [0.717, 1.165) is 11.3 Å². The molecule has 32 heavy (non-hydrogen) atoms. The molecule has 1 aliphatic heterocycles. The van der Waals surface area contributed by atoms with E-state index in [1.807, 2.05) is 36.5 Å². The number of sulfonamides is 1. The maximum Gasteiger partial charge on any atom is 0.309 e. The van der Waals surface area contributed by atoms with E-state index in [0.29, 0.717) is 12.8 Å². The van der Waals surface area contributed by atoms with Crippen molar-refractivity contribution >= 4 is 39.2 Å². The highest BCUT2D eigenvalue weighted by Crippen LogP contribution is 2.33. The number of carbonyl (C=O) groups excluding carboxylic acids is 1. The van der Waals surface area contributed by atoms with Crippen molar-refractivity contribution in [3.05, 3.63) is 76.5 Å². The Hall–Kier alpha value is -2.39. The second-order valence-corrected chi connectivity index (χ2v) is 10.1. The van der Waals surface area contributed by atoms with E-state index in [9.17, 15) is 13.2 Å². The molecule has 0 atom stereocenters. The normalized spacial score (nSPS) is 15.6. The van der Waals surface area contributed by atoms with E-state index in [2.05, 4.69) is 5.10 Å². The van der Waals surface area contributed by atoms with Gasteiger partial charge in [-0.05, 0) is 48.7 Å². The highest BCUT2D eigenvalue weighted by atomic mass is 35.5. The molecule has 0 radical (unpaired) electrons. The summed E-state index contributed by atoms with van der Waals surface area (Å²) in [6.07, 6.45) is 4.30. The molecule has 4 rings (SSSR count). The Kier molecular flexibility index (Phi) is 6.85. The van der Waals surface area contributed by atoms with Crippen LogP contribution in [0.3, 0.4) is 0 Å². The number of nitrogens with zero attached hydrogens (tertiary/aromatic N) is 3. The molecular formula is C22H21Cl2N3O4S. The van der Waals surface area contributed by atoms with Gasteiger partial charge in [-0.2, -0.15) is 9.40 Å². The molecule has 168 valence electrons. The molecule has 1 aliphatic rings. The smallest absolute Gasteiger partial charge is 0.309 e. The quantitative estimate of drug-likeness (QED) is 0.477. The van der Waals surface area contributed by atoms with Crippen LogP contribution in [-0.4, -0.2) is 41.6 Å². The van der Waals surface area contributed by atoms with Gasteiger partial charge >= 0.3 is 5.97 Å². The molecule has 0 bridgehead atoms. The molecular weight excluding hydrogens is 473 g/mol. The summed E-state index contributed by atoms with van der Waals surface area (Å²) in [6, 6.07) is 14.0. The van der Waals surface area contributed by atoms with Crippen LogP contribution in [0.5, 0.6) is 0 Å². The Balaban J connectivity index is 1.32. The first-order chi connectivity index (χ1) is 15.4. The molecule has 10 heteroatoms. The molecule has 0 spiro atoms. The summed E-state index contributed by atoms with van der Waals surface area (Å²) in [5.41, 5.74) is 1.78. The topological polar surface area (TPSA) is 81.5 Å². The van der Waals surface area contributed by atoms with Gasteiger partial charge in [-0.1, -0.05) is 41.4 Å². The van der Waals surface area contributed by atoms with Crippen molar-refractivity contribution in [2.24, 2.45) is 5.92 Å². The molecule has 0 saturated carbocycles. The van der Waals surface area contributed by atoms with Crippen LogP contribution in [0.15, 0.2) is 65.8 Å².